The molecular weight excluding hydrogens is 263 g/mol. The predicted molar refractivity (Wildman–Crippen MR) is 65.0 cm³/mol. The molecule has 1 heterocycles. The molecule has 0 radical (unpaired) electrons. The van der Waals surface area contributed by atoms with Gasteiger partial charge in [0.2, 0.25) is 11.2 Å². The van der Waals surface area contributed by atoms with E-state index in [1.54, 1.807) is 6.92 Å². The molecule has 1 rings (SSSR count). The van der Waals surface area contributed by atoms with Crippen molar-refractivity contribution < 1.29 is 13.9 Å². The first kappa shape index (κ1) is 14.6. The average Bonchev–Trinajstić information content (AvgIpc) is 2.34. The number of amides is 1. The Bertz CT molecular complexity index is 419. The number of anilines is 1. The Morgan fingerprint density at radius 2 is 2.39 bits per heavy atom. The van der Waals surface area contributed by atoms with Crippen LogP contribution in [0.4, 0.5) is 10.2 Å². The SMILES string of the molecule is COCCNC(=O)C(C)Nc1nc(Cl)ncc1F. The predicted octanol–water partition coefficient (Wildman–Crippen LogP) is 0.832. The van der Waals surface area contributed by atoms with Crippen molar-refractivity contribution in [2.45, 2.75) is 13.0 Å². The summed E-state index contributed by atoms with van der Waals surface area (Å²) in [6.45, 7) is 2.37. The minimum atomic E-state index is -0.670. The van der Waals surface area contributed by atoms with E-state index in [-0.39, 0.29) is 17.0 Å². The van der Waals surface area contributed by atoms with Crippen LogP contribution in [0.2, 0.25) is 5.28 Å². The molecule has 0 saturated carbocycles. The molecule has 0 aliphatic heterocycles. The van der Waals surface area contributed by atoms with E-state index in [4.69, 9.17) is 16.3 Å². The molecule has 8 heteroatoms. The number of carbonyl (C=O) groups is 1. The van der Waals surface area contributed by atoms with Crippen molar-refractivity contribution >= 4 is 23.3 Å². The number of carbonyl (C=O) groups excluding carboxylic acids is 1. The van der Waals surface area contributed by atoms with Crippen LogP contribution >= 0.6 is 11.6 Å². The highest BCUT2D eigenvalue weighted by Crippen LogP contribution is 2.12. The Morgan fingerprint density at radius 3 is 3.06 bits per heavy atom. The molecule has 1 atom stereocenters. The lowest BCUT2D eigenvalue weighted by molar-refractivity contribution is -0.121. The van der Waals surface area contributed by atoms with Gasteiger partial charge >= 0.3 is 0 Å². The molecule has 0 aliphatic carbocycles. The zero-order valence-corrected chi connectivity index (χ0v) is 10.8. The minimum Gasteiger partial charge on any atom is -0.383 e. The van der Waals surface area contributed by atoms with Gasteiger partial charge in [-0.3, -0.25) is 4.79 Å². The number of rotatable bonds is 6. The van der Waals surface area contributed by atoms with Gasteiger partial charge in [-0.2, -0.15) is 4.98 Å². The summed E-state index contributed by atoms with van der Waals surface area (Å²) in [6, 6.07) is -0.651. The summed E-state index contributed by atoms with van der Waals surface area (Å²) in [6.07, 6.45) is 0.938. The average molecular weight is 277 g/mol. The van der Waals surface area contributed by atoms with Crippen LogP contribution in [0.1, 0.15) is 6.92 Å². The number of hydrogen-bond donors (Lipinski definition) is 2. The van der Waals surface area contributed by atoms with Crippen LogP contribution in [0, 0.1) is 5.82 Å². The molecule has 0 saturated heterocycles. The molecule has 1 amide bonds. The fourth-order valence-corrected chi connectivity index (χ4v) is 1.28. The zero-order chi connectivity index (χ0) is 13.5. The molecular formula is C10H14ClFN4O2. The lowest BCUT2D eigenvalue weighted by atomic mass is 10.3. The molecule has 0 bridgehead atoms. The lowest BCUT2D eigenvalue weighted by Crippen LogP contribution is -2.39. The third-order valence-corrected chi connectivity index (χ3v) is 2.25. The van der Waals surface area contributed by atoms with Crippen molar-refractivity contribution in [3.8, 4) is 0 Å². The molecule has 2 N–H and O–H groups in total. The van der Waals surface area contributed by atoms with Gasteiger partial charge in [0.05, 0.1) is 12.8 Å². The van der Waals surface area contributed by atoms with E-state index in [9.17, 15) is 9.18 Å². The third kappa shape index (κ3) is 4.42. The maximum atomic E-state index is 13.3. The van der Waals surface area contributed by atoms with E-state index in [2.05, 4.69) is 20.6 Å². The molecule has 0 aliphatic rings. The second kappa shape index (κ2) is 7.07. The quantitative estimate of drug-likeness (QED) is 0.595. The first-order chi connectivity index (χ1) is 8.54. The van der Waals surface area contributed by atoms with Crippen LogP contribution in [0.25, 0.3) is 0 Å². The van der Waals surface area contributed by atoms with Gasteiger partial charge in [0.15, 0.2) is 11.6 Å². The summed E-state index contributed by atoms with van der Waals surface area (Å²) in [7, 11) is 1.53. The van der Waals surface area contributed by atoms with E-state index in [0.717, 1.165) is 6.20 Å². The molecule has 1 aromatic heterocycles. The number of hydrogen-bond acceptors (Lipinski definition) is 5. The Hall–Kier alpha value is -1.47. The normalized spacial score (nSPS) is 12.0. The maximum Gasteiger partial charge on any atom is 0.242 e. The van der Waals surface area contributed by atoms with E-state index >= 15 is 0 Å². The zero-order valence-electron chi connectivity index (χ0n) is 10.0. The fourth-order valence-electron chi connectivity index (χ4n) is 1.15. The lowest BCUT2D eigenvalue weighted by Gasteiger charge is -2.14. The molecule has 6 nitrogen and oxygen atoms in total. The van der Waals surface area contributed by atoms with Crippen molar-refractivity contribution in [1.82, 2.24) is 15.3 Å². The fraction of sp³-hybridized carbons (Fsp3) is 0.500. The maximum absolute atomic E-state index is 13.3. The van der Waals surface area contributed by atoms with E-state index in [1.165, 1.54) is 7.11 Å². The van der Waals surface area contributed by atoms with Crippen molar-refractivity contribution in [2.75, 3.05) is 25.6 Å². The first-order valence-electron chi connectivity index (χ1n) is 5.25. The van der Waals surface area contributed by atoms with E-state index < -0.39 is 11.9 Å². The van der Waals surface area contributed by atoms with Crippen LogP contribution in [-0.2, 0) is 9.53 Å². The van der Waals surface area contributed by atoms with Crippen molar-refractivity contribution in [2.24, 2.45) is 0 Å². The molecule has 0 spiro atoms. The highest BCUT2D eigenvalue weighted by atomic mass is 35.5. The Balaban J connectivity index is 2.55. The van der Waals surface area contributed by atoms with Crippen LogP contribution in [-0.4, -0.2) is 42.2 Å². The van der Waals surface area contributed by atoms with E-state index in [0.29, 0.717) is 13.2 Å². The number of halogens is 2. The summed E-state index contributed by atoms with van der Waals surface area (Å²) >= 11 is 5.54. The topological polar surface area (TPSA) is 76.1 Å². The van der Waals surface area contributed by atoms with Gasteiger partial charge < -0.3 is 15.4 Å². The van der Waals surface area contributed by atoms with Crippen LogP contribution in [0.15, 0.2) is 6.20 Å². The number of aromatic nitrogens is 2. The summed E-state index contributed by atoms with van der Waals surface area (Å²) in [5.74, 6) is -1.07. The summed E-state index contributed by atoms with van der Waals surface area (Å²) < 4.78 is 18.1. The van der Waals surface area contributed by atoms with Crippen molar-refractivity contribution in [1.29, 1.82) is 0 Å². The molecule has 1 aromatic rings. The van der Waals surface area contributed by atoms with Gasteiger partial charge in [-0.15, -0.1) is 0 Å². The van der Waals surface area contributed by atoms with Crippen molar-refractivity contribution in [3.63, 3.8) is 0 Å². The number of ether oxygens (including phenoxy) is 1. The van der Waals surface area contributed by atoms with Crippen molar-refractivity contribution in [3.05, 3.63) is 17.3 Å². The van der Waals surface area contributed by atoms with Crippen LogP contribution in [0.5, 0.6) is 0 Å². The first-order valence-corrected chi connectivity index (χ1v) is 5.63. The van der Waals surface area contributed by atoms with E-state index in [1.807, 2.05) is 0 Å². The third-order valence-electron chi connectivity index (χ3n) is 2.07. The number of methoxy groups -OCH3 is 1. The number of nitrogens with zero attached hydrogens (tertiary/aromatic N) is 2. The van der Waals surface area contributed by atoms with Crippen LogP contribution < -0.4 is 10.6 Å². The molecule has 18 heavy (non-hydrogen) atoms. The highest BCUT2D eigenvalue weighted by Gasteiger charge is 2.15. The summed E-state index contributed by atoms with van der Waals surface area (Å²) in [5, 5.41) is 5.13. The van der Waals surface area contributed by atoms with Gasteiger partial charge in [-0.25, -0.2) is 9.37 Å². The van der Waals surface area contributed by atoms with Gasteiger partial charge in [0, 0.05) is 13.7 Å². The summed E-state index contributed by atoms with van der Waals surface area (Å²) in [5.41, 5.74) is 0. The smallest absolute Gasteiger partial charge is 0.242 e. The Labute approximate surface area is 109 Å². The van der Waals surface area contributed by atoms with Gasteiger partial charge in [-0.05, 0) is 18.5 Å². The molecule has 1 unspecified atom stereocenters. The molecule has 100 valence electrons. The second-order valence-electron chi connectivity index (χ2n) is 3.49. The molecule has 0 aromatic carbocycles. The second-order valence-corrected chi connectivity index (χ2v) is 3.82. The summed E-state index contributed by atoms with van der Waals surface area (Å²) in [4.78, 5) is 18.7. The largest absolute Gasteiger partial charge is 0.383 e. The standard InChI is InChI=1S/C10H14ClFN4O2/c1-6(9(17)13-3-4-18-2)15-8-7(12)5-14-10(11)16-8/h5-6H,3-4H2,1-2H3,(H,13,17)(H,14,15,16). The highest BCUT2D eigenvalue weighted by molar-refractivity contribution is 6.28. The monoisotopic (exact) mass is 276 g/mol. The Morgan fingerprint density at radius 1 is 1.67 bits per heavy atom. The van der Waals surface area contributed by atoms with Gasteiger partial charge in [0.1, 0.15) is 6.04 Å². The number of nitrogens with one attached hydrogen (secondary N) is 2. The molecule has 0 fully saturated rings. The Kier molecular flexibility index (Phi) is 5.73. The minimum absolute atomic E-state index is 0.0918. The van der Waals surface area contributed by atoms with Gasteiger partial charge in [0.25, 0.3) is 0 Å². The van der Waals surface area contributed by atoms with Gasteiger partial charge in [-0.1, -0.05) is 0 Å². The van der Waals surface area contributed by atoms with Crippen LogP contribution in [0.3, 0.4) is 0 Å².